The van der Waals surface area contributed by atoms with Crippen LogP contribution in [0.25, 0.3) is 0 Å². The lowest BCUT2D eigenvalue weighted by atomic mass is 10.2. The Kier molecular flexibility index (Phi) is 5.45. The average molecular weight is 342 g/mol. The number of nitrogens with one attached hydrogen (secondary N) is 2. The molecule has 1 aliphatic rings. The van der Waals surface area contributed by atoms with E-state index >= 15 is 0 Å². The number of carbonyl (C=O) groups excluding carboxylic acids is 1. The molecule has 0 radical (unpaired) electrons. The number of benzene rings is 1. The predicted octanol–water partition coefficient (Wildman–Crippen LogP) is 0.217. The van der Waals surface area contributed by atoms with Crippen LogP contribution >= 0.6 is 0 Å². The molecular formula is C18H24N5O2+. The maximum absolute atomic E-state index is 12.6. The van der Waals surface area contributed by atoms with E-state index in [1.165, 1.54) is 4.90 Å². The van der Waals surface area contributed by atoms with Gasteiger partial charge in [-0.1, -0.05) is 6.07 Å². The van der Waals surface area contributed by atoms with Crippen molar-refractivity contribution < 1.29 is 14.4 Å². The summed E-state index contributed by atoms with van der Waals surface area (Å²) in [6, 6.07) is 9.11. The van der Waals surface area contributed by atoms with Crippen molar-refractivity contribution >= 4 is 17.5 Å². The molecule has 2 heterocycles. The maximum atomic E-state index is 12.6. The van der Waals surface area contributed by atoms with E-state index in [4.69, 9.17) is 4.74 Å². The fraction of sp³-hybridized carbons (Fsp3) is 0.389. The van der Waals surface area contributed by atoms with Crippen LogP contribution in [0.5, 0.6) is 5.75 Å². The molecule has 7 nitrogen and oxygen atoms in total. The maximum Gasteiger partial charge on any atom is 0.282 e. The van der Waals surface area contributed by atoms with Crippen LogP contribution in [-0.2, 0) is 4.79 Å². The number of hydrogen-bond acceptors (Lipinski definition) is 5. The molecule has 0 saturated carbocycles. The van der Waals surface area contributed by atoms with Gasteiger partial charge >= 0.3 is 0 Å². The van der Waals surface area contributed by atoms with Gasteiger partial charge in [0.05, 0.1) is 33.3 Å². The summed E-state index contributed by atoms with van der Waals surface area (Å²) in [6.45, 7) is 5.42. The number of ether oxygens (including phenoxy) is 1. The molecule has 0 unspecified atom stereocenters. The smallest absolute Gasteiger partial charge is 0.282 e. The first kappa shape index (κ1) is 17.2. The standard InChI is InChI=1S/C18H23N5O2/c1-14(17(24)21-15-5-3-6-16(13-15)25-2)22-9-11-23(12-10-22)18-19-7-4-8-20-18/h3-8,13-14H,9-12H2,1-2H3,(H,21,24)/p+1/t14-/m1/s1. The molecule has 7 heteroatoms. The molecule has 2 N–H and O–H groups in total. The number of rotatable bonds is 5. The molecule has 132 valence electrons. The summed E-state index contributed by atoms with van der Waals surface area (Å²) in [6.07, 6.45) is 3.51. The van der Waals surface area contributed by atoms with Crippen molar-refractivity contribution in [3.8, 4) is 5.75 Å². The Labute approximate surface area is 147 Å². The molecule has 1 saturated heterocycles. The second-order valence-corrected chi connectivity index (χ2v) is 6.14. The van der Waals surface area contributed by atoms with Gasteiger partial charge in [-0.05, 0) is 25.1 Å². The number of aromatic nitrogens is 2. The van der Waals surface area contributed by atoms with Crippen LogP contribution in [-0.4, -0.2) is 55.2 Å². The lowest BCUT2D eigenvalue weighted by Gasteiger charge is -2.34. The topological polar surface area (TPSA) is 71.8 Å². The van der Waals surface area contributed by atoms with Gasteiger partial charge in [0.15, 0.2) is 6.04 Å². The number of methoxy groups -OCH3 is 1. The van der Waals surface area contributed by atoms with Crippen molar-refractivity contribution in [3.63, 3.8) is 0 Å². The van der Waals surface area contributed by atoms with Gasteiger partial charge in [0.25, 0.3) is 5.91 Å². The zero-order chi connectivity index (χ0) is 17.6. The van der Waals surface area contributed by atoms with Crippen LogP contribution in [0.15, 0.2) is 42.7 Å². The van der Waals surface area contributed by atoms with Gasteiger partial charge in [0, 0.05) is 24.1 Å². The van der Waals surface area contributed by atoms with E-state index in [1.54, 1.807) is 19.5 Å². The number of quaternary nitrogens is 1. The van der Waals surface area contributed by atoms with Crippen molar-refractivity contribution in [2.45, 2.75) is 13.0 Å². The first-order valence-electron chi connectivity index (χ1n) is 8.49. The molecule has 0 spiro atoms. The van der Waals surface area contributed by atoms with Gasteiger partial charge < -0.3 is 19.9 Å². The van der Waals surface area contributed by atoms with Crippen molar-refractivity contribution in [3.05, 3.63) is 42.7 Å². The van der Waals surface area contributed by atoms with E-state index in [9.17, 15) is 4.79 Å². The van der Waals surface area contributed by atoms with E-state index in [-0.39, 0.29) is 11.9 Å². The Hall–Kier alpha value is -2.67. The third-order valence-corrected chi connectivity index (χ3v) is 4.58. The number of nitrogens with zero attached hydrogens (tertiary/aromatic N) is 3. The van der Waals surface area contributed by atoms with Crippen LogP contribution in [0, 0.1) is 0 Å². The Balaban J connectivity index is 1.54. The number of hydrogen-bond donors (Lipinski definition) is 2. The molecule has 1 aromatic carbocycles. The molecule has 2 aromatic rings. The minimum atomic E-state index is -0.120. The molecule has 1 amide bonds. The first-order valence-corrected chi connectivity index (χ1v) is 8.49. The van der Waals surface area contributed by atoms with Crippen molar-refractivity contribution in [2.75, 3.05) is 43.5 Å². The SMILES string of the molecule is COc1cccc(NC(=O)[C@@H](C)[NH+]2CCN(c3ncccn3)CC2)c1. The lowest BCUT2D eigenvalue weighted by molar-refractivity contribution is -0.914. The molecule has 1 atom stereocenters. The Morgan fingerprint density at radius 1 is 1.24 bits per heavy atom. The minimum absolute atomic E-state index is 0.0210. The summed E-state index contributed by atoms with van der Waals surface area (Å²) in [5.74, 6) is 1.51. The zero-order valence-electron chi connectivity index (χ0n) is 14.6. The fourth-order valence-corrected chi connectivity index (χ4v) is 3.02. The summed E-state index contributed by atoms with van der Waals surface area (Å²) in [7, 11) is 1.61. The van der Waals surface area contributed by atoms with Crippen LogP contribution in [0.3, 0.4) is 0 Å². The van der Waals surface area contributed by atoms with E-state index in [2.05, 4.69) is 20.2 Å². The normalized spacial score (nSPS) is 16.3. The second-order valence-electron chi connectivity index (χ2n) is 6.14. The third-order valence-electron chi connectivity index (χ3n) is 4.58. The predicted molar refractivity (Wildman–Crippen MR) is 96.0 cm³/mol. The minimum Gasteiger partial charge on any atom is -0.497 e. The quantitative estimate of drug-likeness (QED) is 0.813. The summed E-state index contributed by atoms with van der Waals surface area (Å²) >= 11 is 0. The lowest BCUT2D eigenvalue weighted by Crippen LogP contribution is -3.19. The van der Waals surface area contributed by atoms with Gasteiger partial charge in [-0.2, -0.15) is 0 Å². The summed E-state index contributed by atoms with van der Waals surface area (Å²) in [4.78, 5) is 24.6. The molecule has 0 aliphatic carbocycles. The molecule has 25 heavy (non-hydrogen) atoms. The molecule has 1 fully saturated rings. The van der Waals surface area contributed by atoms with Gasteiger partial charge in [-0.15, -0.1) is 0 Å². The van der Waals surface area contributed by atoms with Gasteiger partial charge in [0.2, 0.25) is 5.95 Å². The summed E-state index contributed by atoms with van der Waals surface area (Å²) in [5, 5.41) is 2.98. The number of anilines is 2. The molecular weight excluding hydrogens is 318 g/mol. The van der Waals surface area contributed by atoms with Crippen LogP contribution in [0.2, 0.25) is 0 Å². The molecule has 0 bridgehead atoms. The van der Waals surface area contributed by atoms with Gasteiger partial charge in [0.1, 0.15) is 5.75 Å². The van der Waals surface area contributed by atoms with E-state index in [1.807, 2.05) is 37.3 Å². The van der Waals surface area contributed by atoms with E-state index < -0.39 is 0 Å². The Morgan fingerprint density at radius 2 is 1.96 bits per heavy atom. The van der Waals surface area contributed by atoms with Gasteiger partial charge in [-0.25, -0.2) is 9.97 Å². The highest BCUT2D eigenvalue weighted by Crippen LogP contribution is 2.16. The molecule has 1 aromatic heterocycles. The van der Waals surface area contributed by atoms with Crippen LogP contribution in [0.1, 0.15) is 6.92 Å². The van der Waals surface area contributed by atoms with E-state index in [0.717, 1.165) is 43.6 Å². The third kappa shape index (κ3) is 4.24. The number of piperazine rings is 1. The van der Waals surface area contributed by atoms with Crippen molar-refractivity contribution in [1.82, 2.24) is 9.97 Å². The monoisotopic (exact) mass is 342 g/mol. The highest BCUT2D eigenvalue weighted by molar-refractivity contribution is 5.93. The second kappa shape index (κ2) is 7.94. The largest absolute Gasteiger partial charge is 0.497 e. The summed E-state index contributed by atoms with van der Waals surface area (Å²) in [5.41, 5.74) is 0.756. The molecule has 1 aliphatic heterocycles. The van der Waals surface area contributed by atoms with Crippen molar-refractivity contribution in [1.29, 1.82) is 0 Å². The first-order chi connectivity index (χ1) is 12.2. The highest BCUT2D eigenvalue weighted by atomic mass is 16.5. The molecule has 3 rings (SSSR count). The average Bonchev–Trinajstić information content (AvgIpc) is 2.68. The Morgan fingerprint density at radius 3 is 2.64 bits per heavy atom. The van der Waals surface area contributed by atoms with Gasteiger partial charge in [-0.3, -0.25) is 4.79 Å². The van der Waals surface area contributed by atoms with Crippen molar-refractivity contribution in [2.24, 2.45) is 0 Å². The van der Waals surface area contributed by atoms with E-state index in [0.29, 0.717) is 0 Å². The van der Waals surface area contributed by atoms with Crippen LogP contribution < -0.4 is 19.9 Å². The summed E-state index contributed by atoms with van der Waals surface area (Å²) < 4.78 is 5.19. The highest BCUT2D eigenvalue weighted by Gasteiger charge is 2.29. The zero-order valence-corrected chi connectivity index (χ0v) is 14.6. The van der Waals surface area contributed by atoms with Crippen LogP contribution in [0.4, 0.5) is 11.6 Å². The fourth-order valence-electron chi connectivity index (χ4n) is 3.02. The number of amides is 1. The Bertz CT molecular complexity index is 702. The number of carbonyl (C=O) groups is 1.